The Balaban J connectivity index is 1.38. The van der Waals surface area contributed by atoms with Crippen molar-refractivity contribution < 1.29 is 4.42 Å². The molecule has 0 bridgehead atoms. The monoisotopic (exact) mass is 450 g/mol. The highest BCUT2D eigenvalue weighted by atomic mass is 32.2. The van der Waals surface area contributed by atoms with Crippen LogP contribution in [0.3, 0.4) is 0 Å². The Labute approximate surface area is 190 Å². The van der Waals surface area contributed by atoms with E-state index in [-0.39, 0.29) is 0 Å². The number of nitrogens with zero attached hydrogens (tertiary/aromatic N) is 4. The molecule has 1 fully saturated rings. The lowest BCUT2D eigenvalue weighted by atomic mass is 9.95. The van der Waals surface area contributed by atoms with Crippen molar-refractivity contribution in [2.45, 2.75) is 62.4 Å². The summed E-state index contributed by atoms with van der Waals surface area (Å²) in [7, 11) is 0. The van der Waals surface area contributed by atoms with Crippen LogP contribution in [0, 0.1) is 6.92 Å². The second kappa shape index (κ2) is 9.40. The van der Waals surface area contributed by atoms with Crippen molar-refractivity contribution in [3.8, 4) is 11.5 Å². The zero-order valence-electron chi connectivity index (χ0n) is 17.7. The van der Waals surface area contributed by atoms with Gasteiger partial charge in [-0.25, -0.2) is 4.98 Å². The Hall–Kier alpha value is -2.38. The predicted molar refractivity (Wildman–Crippen MR) is 126 cm³/mol. The van der Waals surface area contributed by atoms with E-state index in [4.69, 9.17) is 9.40 Å². The van der Waals surface area contributed by atoms with Crippen molar-refractivity contribution in [1.82, 2.24) is 19.7 Å². The lowest BCUT2D eigenvalue weighted by Gasteiger charge is -2.25. The van der Waals surface area contributed by atoms with Crippen molar-refractivity contribution >= 4 is 23.1 Å². The quantitative estimate of drug-likeness (QED) is 0.294. The fourth-order valence-corrected chi connectivity index (χ4v) is 5.93. The van der Waals surface area contributed by atoms with Gasteiger partial charge in [0.05, 0.1) is 5.69 Å². The topological polar surface area (TPSA) is 56.7 Å². The third kappa shape index (κ3) is 4.62. The molecule has 0 amide bonds. The van der Waals surface area contributed by atoms with Crippen LogP contribution in [0.5, 0.6) is 0 Å². The van der Waals surface area contributed by atoms with Crippen molar-refractivity contribution in [3.05, 3.63) is 70.0 Å². The molecule has 0 aliphatic heterocycles. The fraction of sp³-hybridized carbons (Fsp3) is 0.375. The van der Waals surface area contributed by atoms with Crippen LogP contribution in [-0.4, -0.2) is 19.7 Å². The van der Waals surface area contributed by atoms with Crippen molar-refractivity contribution in [3.63, 3.8) is 0 Å². The van der Waals surface area contributed by atoms with Crippen LogP contribution >= 0.6 is 23.1 Å². The first kappa shape index (κ1) is 20.5. The van der Waals surface area contributed by atoms with Crippen LogP contribution in [-0.2, 0) is 12.2 Å². The minimum absolute atomic E-state index is 0.500. The molecule has 3 aromatic heterocycles. The number of oxazole rings is 1. The van der Waals surface area contributed by atoms with Crippen molar-refractivity contribution in [2.24, 2.45) is 0 Å². The summed E-state index contributed by atoms with van der Waals surface area (Å²) in [6.45, 7) is 1.99. The van der Waals surface area contributed by atoms with Gasteiger partial charge in [-0.2, -0.15) is 0 Å². The maximum atomic E-state index is 5.95. The van der Waals surface area contributed by atoms with Crippen molar-refractivity contribution in [1.29, 1.82) is 0 Å². The zero-order valence-corrected chi connectivity index (χ0v) is 19.3. The molecule has 1 aromatic carbocycles. The Morgan fingerprint density at radius 3 is 2.68 bits per heavy atom. The van der Waals surface area contributed by atoms with Gasteiger partial charge in [0.1, 0.15) is 11.6 Å². The molecule has 0 unspecified atom stereocenters. The lowest BCUT2D eigenvalue weighted by molar-refractivity contribution is 0.330. The number of hydrogen-bond donors (Lipinski definition) is 0. The Kier molecular flexibility index (Phi) is 6.22. The Morgan fingerprint density at radius 1 is 1.06 bits per heavy atom. The Morgan fingerprint density at radius 2 is 1.90 bits per heavy atom. The first-order chi connectivity index (χ1) is 15.3. The van der Waals surface area contributed by atoms with Gasteiger partial charge < -0.3 is 8.98 Å². The van der Waals surface area contributed by atoms with Gasteiger partial charge in [0.15, 0.2) is 5.16 Å². The molecule has 1 saturated carbocycles. The Bertz CT molecular complexity index is 1110. The van der Waals surface area contributed by atoms with Crippen LogP contribution < -0.4 is 0 Å². The highest BCUT2D eigenvalue weighted by Crippen LogP contribution is 2.35. The summed E-state index contributed by atoms with van der Waals surface area (Å²) < 4.78 is 8.36. The standard InChI is InChI=1S/C24H26N4OS2/c1-17-21(25-23(29-17)18-9-4-2-5-10-18)16-31-24-27-26-22(15-20-13-8-14-30-20)28(24)19-11-6-3-7-12-19/h2,4-5,8-10,13-14,19H,3,6-7,11-12,15-16H2,1H3. The van der Waals surface area contributed by atoms with Gasteiger partial charge in [0.2, 0.25) is 5.89 Å². The SMILES string of the molecule is Cc1oc(-c2ccccc2)nc1CSc1nnc(Cc2cccs2)n1C1CCCCC1. The average molecular weight is 451 g/mol. The van der Waals surface area contributed by atoms with E-state index in [1.165, 1.54) is 37.0 Å². The smallest absolute Gasteiger partial charge is 0.226 e. The zero-order chi connectivity index (χ0) is 21.0. The van der Waals surface area contributed by atoms with E-state index in [1.807, 2.05) is 37.3 Å². The molecule has 1 aliphatic carbocycles. The molecule has 0 N–H and O–H groups in total. The molecular formula is C24H26N4OS2. The summed E-state index contributed by atoms with van der Waals surface area (Å²) in [4.78, 5) is 6.10. The summed E-state index contributed by atoms with van der Waals surface area (Å²) in [5.74, 6) is 3.36. The van der Waals surface area contributed by atoms with Crippen LogP contribution in [0.4, 0.5) is 0 Å². The van der Waals surface area contributed by atoms with Gasteiger partial charge >= 0.3 is 0 Å². The molecule has 0 saturated heterocycles. The lowest BCUT2D eigenvalue weighted by Crippen LogP contribution is -2.16. The van der Waals surface area contributed by atoms with E-state index in [1.54, 1.807) is 23.1 Å². The predicted octanol–water partition coefficient (Wildman–Crippen LogP) is 6.69. The molecule has 5 rings (SSSR count). The second-order valence-corrected chi connectivity index (χ2v) is 9.97. The molecule has 7 heteroatoms. The molecular weight excluding hydrogens is 424 g/mol. The van der Waals surface area contributed by atoms with Gasteiger partial charge in [-0.1, -0.05) is 55.3 Å². The van der Waals surface area contributed by atoms with E-state index in [9.17, 15) is 0 Å². The normalized spacial score (nSPS) is 14.9. The minimum atomic E-state index is 0.500. The minimum Gasteiger partial charge on any atom is -0.441 e. The first-order valence-electron chi connectivity index (χ1n) is 10.9. The molecule has 0 spiro atoms. The van der Waals surface area contributed by atoms with E-state index < -0.39 is 0 Å². The second-order valence-electron chi connectivity index (χ2n) is 7.99. The van der Waals surface area contributed by atoms with Gasteiger partial charge in [-0.3, -0.25) is 0 Å². The summed E-state index contributed by atoms with van der Waals surface area (Å²) in [5.41, 5.74) is 1.98. The van der Waals surface area contributed by atoms with E-state index >= 15 is 0 Å². The number of aryl methyl sites for hydroxylation is 1. The molecule has 160 valence electrons. The van der Waals surface area contributed by atoms with Crippen LogP contribution in [0.1, 0.15) is 60.3 Å². The number of aromatic nitrogens is 4. The molecule has 3 heterocycles. The number of thioether (sulfide) groups is 1. The van der Waals surface area contributed by atoms with Gasteiger partial charge in [0, 0.05) is 28.7 Å². The number of thiophene rings is 1. The summed E-state index contributed by atoms with van der Waals surface area (Å²) in [5, 5.41) is 12.3. The number of rotatable bonds is 7. The molecule has 1 aliphatic rings. The van der Waals surface area contributed by atoms with Crippen LogP contribution in [0.2, 0.25) is 0 Å². The summed E-state index contributed by atoms with van der Waals surface area (Å²) in [6, 6.07) is 14.9. The van der Waals surface area contributed by atoms with Crippen LogP contribution in [0.15, 0.2) is 57.4 Å². The fourth-order valence-electron chi connectivity index (χ4n) is 4.20. The number of hydrogen-bond acceptors (Lipinski definition) is 6. The average Bonchev–Trinajstić information content (AvgIpc) is 3.55. The molecule has 5 nitrogen and oxygen atoms in total. The molecule has 0 radical (unpaired) electrons. The van der Waals surface area contributed by atoms with E-state index in [0.29, 0.717) is 11.9 Å². The maximum Gasteiger partial charge on any atom is 0.226 e. The maximum absolute atomic E-state index is 5.95. The van der Waals surface area contributed by atoms with Gasteiger partial charge in [-0.05, 0) is 43.3 Å². The van der Waals surface area contributed by atoms with Crippen LogP contribution in [0.25, 0.3) is 11.5 Å². The van der Waals surface area contributed by atoms with E-state index in [2.05, 4.69) is 32.3 Å². The number of benzene rings is 1. The van der Waals surface area contributed by atoms with E-state index in [0.717, 1.165) is 40.2 Å². The third-order valence-electron chi connectivity index (χ3n) is 5.84. The van der Waals surface area contributed by atoms with Crippen molar-refractivity contribution in [2.75, 3.05) is 0 Å². The van der Waals surface area contributed by atoms with Gasteiger partial charge in [-0.15, -0.1) is 21.5 Å². The summed E-state index contributed by atoms with van der Waals surface area (Å²) >= 11 is 3.51. The first-order valence-corrected chi connectivity index (χ1v) is 12.7. The highest BCUT2D eigenvalue weighted by Gasteiger charge is 2.24. The molecule has 31 heavy (non-hydrogen) atoms. The molecule has 0 atom stereocenters. The summed E-state index contributed by atoms with van der Waals surface area (Å²) in [6.07, 6.45) is 7.18. The third-order valence-corrected chi connectivity index (χ3v) is 7.67. The van der Waals surface area contributed by atoms with Gasteiger partial charge in [0.25, 0.3) is 0 Å². The highest BCUT2D eigenvalue weighted by molar-refractivity contribution is 7.98. The largest absolute Gasteiger partial charge is 0.441 e. The molecule has 4 aromatic rings.